The molecule has 9 heteroatoms. The average Bonchev–Trinajstić information content (AvgIpc) is 2.98. The lowest BCUT2D eigenvalue weighted by molar-refractivity contribution is -0.150. The number of ether oxygens (including phenoxy) is 1. The second-order valence-corrected chi connectivity index (χ2v) is 9.04. The highest BCUT2D eigenvalue weighted by Gasteiger charge is 2.31. The fourth-order valence-electron chi connectivity index (χ4n) is 2.68. The third-order valence-corrected chi connectivity index (χ3v) is 6.06. The van der Waals surface area contributed by atoms with Gasteiger partial charge in [0.15, 0.2) is 15.9 Å². The smallest absolute Gasteiger partial charge is 0.349 e. The molecule has 1 N–H and O–H groups in total. The molecule has 1 heterocycles. The molecule has 1 aromatic rings. The number of nitrogens with zero attached hydrogens (tertiary/aromatic N) is 2. The molecular weight excluding hydrogens is 382 g/mol. The van der Waals surface area contributed by atoms with E-state index in [0.29, 0.717) is 12.0 Å². The minimum absolute atomic E-state index is 0.0278. The number of sulfone groups is 1. The van der Waals surface area contributed by atoms with E-state index in [2.05, 4.69) is 5.32 Å². The van der Waals surface area contributed by atoms with Gasteiger partial charge in [0.25, 0.3) is 5.91 Å². The number of anilines is 1. The van der Waals surface area contributed by atoms with E-state index in [-0.39, 0.29) is 17.1 Å². The Kier molecular flexibility index (Phi) is 6.80. The van der Waals surface area contributed by atoms with Crippen molar-refractivity contribution in [1.29, 1.82) is 5.26 Å². The molecule has 0 radical (unpaired) electrons. The molecule has 0 unspecified atom stereocenters. The summed E-state index contributed by atoms with van der Waals surface area (Å²) in [5.74, 6) is -1.60. The van der Waals surface area contributed by atoms with Crippen LogP contribution in [0.4, 0.5) is 5.69 Å². The van der Waals surface area contributed by atoms with E-state index >= 15 is 0 Å². The number of hydrogen-bond acceptors (Lipinski definition) is 7. The minimum Gasteiger partial charge on any atom is -0.448 e. The van der Waals surface area contributed by atoms with Gasteiger partial charge < -0.3 is 15.0 Å². The Morgan fingerprint density at radius 3 is 2.46 bits per heavy atom. The Morgan fingerprint density at radius 1 is 1.32 bits per heavy atom. The number of esters is 1. The van der Waals surface area contributed by atoms with E-state index in [0.717, 1.165) is 5.69 Å². The normalized spacial score (nSPS) is 19.4. The molecule has 8 nitrogen and oxygen atoms in total. The third-order valence-electron chi connectivity index (χ3n) is 4.29. The minimum atomic E-state index is -3.13. The van der Waals surface area contributed by atoms with Gasteiger partial charge >= 0.3 is 5.97 Å². The molecule has 2 rings (SSSR count). The van der Waals surface area contributed by atoms with Gasteiger partial charge in [0.2, 0.25) is 0 Å². The first kappa shape index (κ1) is 21.4. The molecule has 0 aromatic heterocycles. The van der Waals surface area contributed by atoms with Gasteiger partial charge in [0, 0.05) is 25.8 Å². The van der Waals surface area contributed by atoms with Crippen LogP contribution in [0.15, 0.2) is 29.8 Å². The van der Waals surface area contributed by atoms with Crippen LogP contribution in [-0.2, 0) is 24.2 Å². The zero-order valence-electron chi connectivity index (χ0n) is 16.0. The largest absolute Gasteiger partial charge is 0.448 e. The summed E-state index contributed by atoms with van der Waals surface area (Å²) in [5.41, 5.74) is 1.38. The van der Waals surface area contributed by atoms with Crippen molar-refractivity contribution >= 4 is 33.5 Å². The Bertz CT molecular complexity index is 914. The van der Waals surface area contributed by atoms with Crippen LogP contribution in [-0.4, -0.2) is 58.0 Å². The van der Waals surface area contributed by atoms with Crippen LogP contribution in [0.1, 0.15) is 18.9 Å². The monoisotopic (exact) mass is 405 g/mol. The van der Waals surface area contributed by atoms with Crippen molar-refractivity contribution in [3.05, 3.63) is 35.4 Å². The first-order chi connectivity index (χ1) is 13.1. The average molecular weight is 405 g/mol. The Balaban J connectivity index is 1.98. The number of benzene rings is 1. The van der Waals surface area contributed by atoms with Crippen molar-refractivity contribution in [2.45, 2.75) is 25.5 Å². The molecule has 0 aliphatic carbocycles. The lowest BCUT2D eigenvalue weighted by atomic mass is 10.1. The predicted octanol–water partition coefficient (Wildman–Crippen LogP) is 0.895. The van der Waals surface area contributed by atoms with E-state index < -0.39 is 33.9 Å². The van der Waals surface area contributed by atoms with Crippen molar-refractivity contribution in [2.75, 3.05) is 30.5 Å². The van der Waals surface area contributed by atoms with Crippen LogP contribution in [0.5, 0.6) is 0 Å². The summed E-state index contributed by atoms with van der Waals surface area (Å²) in [5, 5.41) is 11.8. The van der Waals surface area contributed by atoms with Crippen molar-refractivity contribution in [2.24, 2.45) is 0 Å². The molecule has 0 spiro atoms. The van der Waals surface area contributed by atoms with Crippen molar-refractivity contribution < 1.29 is 22.7 Å². The predicted molar refractivity (Wildman–Crippen MR) is 105 cm³/mol. The number of carbonyl (C=O) groups excluding carboxylic acids is 2. The van der Waals surface area contributed by atoms with E-state index in [1.54, 1.807) is 18.2 Å². The number of nitriles is 1. The quantitative estimate of drug-likeness (QED) is 0.424. The Hall–Kier alpha value is -2.86. The molecular formula is C19H23N3O5S. The Morgan fingerprint density at radius 2 is 1.96 bits per heavy atom. The van der Waals surface area contributed by atoms with Gasteiger partial charge in [-0.3, -0.25) is 4.79 Å². The maximum atomic E-state index is 12.2. The summed E-state index contributed by atoms with van der Waals surface area (Å²) in [6, 6.07) is 8.51. The molecule has 1 saturated heterocycles. The lowest BCUT2D eigenvalue weighted by Gasteiger charge is -2.16. The van der Waals surface area contributed by atoms with Crippen molar-refractivity contribution in [3.8, 4) is 6.07 Å². The van der Waals surface area contributed by atoms with Crippen molar-refractivity contribution in [1.82, 2.24) is 5.32 Å². The van der Waals surface area contributed by atoms with E-state index in [1.807, 2.05) is 31.1 Å². The van der Waals surface area contributed by atoms with Gasteiger partial charge in [-0.25, -0.2) is 13.2 Å². The number of carbonyl (C=O) groups is 2. The number of amides is 1. The highest BCUT2D eigenvalue weighted by atomic mass is 32.2. The summed E-state index contributed by atoms with van der Waals surface area (Å²) < 4.78 is 28.0. The molecule has 1 aromatic carbocycles. The van der Waals surface area contributed by atoms with Gasteiger partial charge in [0.1, 0.15) is 11.6 Å². The van der Waals surface area contributed by atoms with Crippen LogP contribution < -0.4 is 10.2 Å². The van der Waals surface area contributed by atoms with Crippen LogP contribution in [0, 0.1) is 11.3 Å². The molecule has 0 saturated carbocycles. The topological polar surface area (TPSA) is 117 Å². The van der Waals surface area contributed by atoms with Gasteiger partial charge in [-0.1, -0.05) is 12.1 Å². The SMILES string of the molecule is C[C@H](OC(=O)/C(C#N)=C/c1ccc(N(C)C)cc1)C(=O)N[C@@H]1CCS(=O)(=O)C1. The van der Waals surface area contributed by atoms with Crippen LogP contribution in [0.3, 0.4) is 0 Å². The third kappa shape index (κ3) is 5.82. The Labute approximate surface area is 164 Å². The van der Waals surface area contributed by atoms with Gasteiger partial charge in [-0.15, -0.1) is 0 Å². The van der Waals surface area contributed by atoms with E-state index in [1.165, 1.54) is 13.0 Å². The van der Waals surface area contributed by atoms with E-state index in [4.69, 9.17) is 4.74 Å². The summed E-state index contributed by atoms with van der Waals surface area (Å²) in [6.07, 6.45) is 0.570. The molecule has 0 bridgehead atoms. The molecule has 1 aliphatic heterocycles. The number of hydrogen-bond donors (Lipinski definition) is 1. The standard InChI is InChI=1S/C19H23N3O5S/c1-13(18(23)21-16-8-9-28(25,26)12-16)27-19(24)15(11-20)10-14-4-6-17(7-5-14)22(2)3/h4-7,10,13,16H,8-9,12H2,1-3H3,(H,21,23)/b15-10+/t13-,16+/m0/s1. The zero-order chi connectivity index (χ0) is 20.9. The van der Waals surface area contributed by atoms with Crippen LogP contribution in [0.2, 0.25) is 0 Å². The highest BCUT2D eigenvalue weighted by molar-refractivity contribution is 7.91. The van der Waals surface area contributed by atoms with Gasteiger partial charge in [-0.05, 0) is 37.1 Å². The number of rotatable bonds is 6. The second-order valence-electron chi connectivity index (χ2n) is 6.81. The molecule has 28 heavy (non-hydrogen) atoms. The first-order valence-electron chi connectivity index (χ1n) is 8.72. The molecule has 150 valence electrons. The van der Waals surface area contributed by atoms with Crippen molar-refractivity contribution in [3.63, 3.8) is 0 Å². The molecule has 1 amide bonds. The van der Waals surface area contributed by atoms with E-state index in [9.17, 15) is 23.3 Å². The maximum absolute atomic E-state index is 12.2. The molecule has 1 fully saturated rings. The second kappa shape index (κ2) is 8.89. The summed E-state index contributed by atoms with van der Waals surface area (Å²) in [4.78, 5) is 26.3. The van der Waals surface area contributed by atoms with Gasteiger partial charge in [0.05, 0.1) is 11.5 Å². The van der Waals surface area contributed by atoms with Gasteiger partial charge in [-0.2, -0.15) is 5.26 Å². The summed E-state index contributed by atoms with van der Waals surface area (Å²) in [7, 11) is 0.670. The fraction of sp³-hybridized carbons (Fsp3) is 0.421. The summed E-state index contributed by atoms with van der Waals surface area (Å²) >= 11 is 0. The number of nitrogens with one attached hydrogen (secondary N) is 1. The van der Waals surface area contributed by atoms with Crippen LogP contribution in [0.25, 0.3) is 6.08 Å². The van der Waals surface area contributed by atoms with Crippen LogP contribution >= 0.6 is 0 Å². The zero-order valence-corrected chi connectivity index (χ0v) is 16.8. The highest BCUT2D eigenvalue weighted by Crippen LogP contribution is 2.16. The molecule has 2 atom stereocenters. The lowest BCUT2D eigenvalue weighted by Crippen LogP contribution is -2.42. The summed E-state index contributed by atoms with van der Waals surface area (Å²) in [6.45, 7) is 1.37. The molecule has 1 aliphatic rings. The fourth-order valence-corrected chi connectivity index (χ4v) is 4.35. The first-order valence-corrected chi connectivity index (χ1v) is 10.5. The maximum Gasteiger partial charge on any atom is 0.349 e.